The highest BCUT2D eigenvalue weighted by atomic mass is 19.1. The topological polar surface area (TPSA) is 91.7 Å². The largest absolute Gasteiger partial charge is 0.392 e. The van der Waals surface area contributed by atoms with E-state index in [1.165, 1.54) is 12.1 Å². The zero-order chi connectivity index (χ0) is 17.6. The smallest absolute Gasteiger partial charge is 0.223 e. The van der Waals surface area contributed by atoms with E-state index in [1.807, 2.05) is 11.5 Å². The first-order chi connectivity index (χ1) is 12.0. The summed E-state index contributed by atoms with van der Waals surface area (Å²) in [7, 11) is 0. The Morgan fingerprint density at radius 1 is 1.32 bits per heavy atom. The number of fused-ring (bicyclic) bond motifs is 3. The highest BCUT2D eigenvalue weighted by Crippen LogP contribution is 2.31. The van der Waals surface area contributed by atoms with E-state index in [2.05, 4.69) is 25.5 Å². The summed E-state index contributed by atoms with van der Waals surface area (Å²) >= 11 is 0. The zero-order valence-electron chi connectivity index (χ0n) is 13.8. The van der Waals surface area contributed by atoms with Crippen molar-refractivity contribution in [3.05, 3.63) is 42.1 Å². The second-order valence-electron chi connectivity index (χ2n) is 6.02. The van der Waals surface area contributed by atoms with Crippen LogP contribution < -0.4 is 5.32 Å². The molecule has 0 saturated heterocycles. The van der Waals surface area contributed by atoms with Gasteiger partial charge in [0.25, 0.3) is 0 Å². The predicted octanol–water partition coefficient (Wildman–Crippen LogP) is 2.54. The average molecular weight is 340 g/mol. The van der Waals surface area contributed by atoms with E-state index in [-0.39, 0.29) is 5.82 Å². The highest BCUT2D eigenvalue weighted by molar-refractivity contribution is 6.06. The number of rotatable bonds is 4. The second-order valence-corrected chi connectivity index (χ2v) is 6.02. The maximum absolute atomic E-state index is 13.7. The summed E-state index contributed by atoms with van der Waals surface area (Å²) < 4.78 is 15.6. The number of benzene rings is 1. The fourth-order valence-corrected chi connectivity index (χ4v) is 2.94. The van der Waals surface area contributed by atoms with Gasteiger partial charge in [-0.15, -0.1) is 0 Å². The number of nitrogens with one attached hydrogen (secondary N) is 2. The monoisotopic (exact) mass is 340 g/mol. The molecule has 3 N–H and O–H groups in total. The number of halogens is 1. The van der Waals surface area contributed by atoms with Crippen molar-refractivity contribution < 1.29 is 9.50 Å². The number of hydrogen-bond donors (Lipinski definition) is 3. The van der Waals surface area contributed by atoms with Crippen molar-refractivity contribution in [3.63, 3.8) is 0 Å². The molecule has 4 rings (SSSR count). The van der Waals surface area contributed by atoms with Crippen LogP contribution in [0.4, 0.5) is 10.3 Å². The Kier molecular flexibility index (Phi) is 3.61. The molecule has 1 atom stereocenters. The first kappa shape index (κ1) is 15.5. The van der Waals surface area contributed by atoms with Gasteiger partial charge in [0, 0.05) is 11.9 Å². The second kappa shape index (κ2) is 5.82. The first-order valence-electron chi connectivity index (χ1n) is 7.93. The van der Waals surface area contributed by atoms with Crippen LogP contribution in [-0.4, -0.2) is 42.5 Å². The Morgan fingerprint density at radius 3 is 2.92 bits per heavy atom. The minimum atomic E-state index is -0.488. The molecular weight excluding hydrogens is 323 g/mol. The molecule has 4 aromatic rings. The third-order valence-electron chi connectivity index (χ3n) is 4.08. The number of hydrogen-bond acceptors (Lipinski definition) is 5. The Morgan fingerprint density at radius 2 is 2.16 bits per heavy atom. The Balaban J connectivity index is 1.87. The number of nitrogens with zero attached hydrogens (tertiary/aromatic N) is 4. The van der Waals surface area contributed by atoms with E-state index >= 15 is 0 Å². The molecule has 0 aliphatic rings. The van der Waals surface area contributed by atoms with Gasteiger partial charge in [0.15, 0.2) is 0 Å². The van der Waals surface area contributed by atoms with Gasteiger partial charge in [-0.2, -0.15) is 5.10 Å². The normalized spacial score (nSPS) is 12.8. The van der Waals surface area contributed by atoms with Crippen LogP contribution in [0, 0.1) is 12.7 Å². The Bertz CT molecular complexity index is 1070. The molecule has 0 spiro atoms. The van der Waals surface area contributed by atoms with Crippen LogP contribution in [0.15, 0.2) is 30.6 Å². The van der Waals surface area contributed by atoms with E-state index in [9.17, 15) is 9.50 Å². The maximum atomic E-state index is 13.7. The summed E-state index contributed by atoms with van der Waals surface area (Å²) in [4.78, 5) is 8.78. The lowest BCUT2D eigenvalue weighted by Gasteiger charge is -2.12. The standard InChI is InChI=1S/C17H17FN6O/c1-9(25)6-19-17-20-7-14(10(2)22-17)24-13-4-3-11(18)5-12(13)16-15(24)8-21-23-16/h3-5,7-9,25H,6H2,1-2H3,(H,21,23)(H,19,20,22)/t9-/m1/s1. The van der Waals surface area contributed by atoms with Crippen molar-refractivity contribution in [3.8, 4) is 5.69 Å². The summed E-state index contributed by atoms with van der Waals surface area (Å²) in [5, 5.41) is 20.1. The number of aryl methyl sites for hydroxylation is 1. The minimum Gasteiger partial charge on any atom is -0.392 e. The van der Waals surface area contributed by atoms with Crippen LogP contribution in [0.5, 0.6) is 0 Å². The molecule has 3 heterocycles. The molecular formula is C17H17FN6O. The lowest BCUT2D eigenvalue weighted by molar-refractivity contribution is 0.208. The SMILES string of the molecule is Cc1nc(NC[C@@H](C)O)ncc1-n1c2ccc(F)cc2c2[nH]ncc21. The molecule has 1 aromatic carbocycles. The molecule has 0 fully saturated rings. The molecule has 8 heteroatoms. The molecule has 25 heavy (non-hydrogen) atoms. The van der Waals surface area contributed by atoms with Gasteiger partial charge in [-0.3, -0.25) is 5.10 Å². The van der Waals surface area contributed by atoms with Gasteiger partial charge in [0.2, 0.25) is 5.95 Å². The number of aliphatic hydroxyl groups excluding tert-OH is 1. The molecule has 0 bridgehead atoms. The van der Waals surface area contributed by atoms with Crippen molar-refractivity contribution >= 4 is 27.9 Å². The molecule has 7 nitrogen and oxygen atoms in total. The number of aliphatic hydroxyl groups is 1. The van der Waals surface area contributed by atoms with Crippen LogP contribution in [0.3, 0.4) is 0 Å². The van der Waals surface area contributed by atoms with Crippen molar-refractivity contribution in [2.45, 2.75) is 20.0 Å². The van der Waals surface area contributed by atoms with Gasteiger partial charge in [-0.05, 0) is 32.0 Å². The predicted molar refractivity (Wildman–Crippen MR) is 93.4 cm³/mol. The fraction of sp³-hybridized carbons (Fsp3) is 0.235. The lowest BCUT2D eigenvalue weighted by atomic mass is 10.2. The van der Waals surface area contributed by atoms with Gasteiger partial charge in [0.05, 0.1) is 46.4 Å². The fourth-order valence-electron chi connectivity index (χ4n) is 2.94. The van der Waals surface area contributed by atoms with Gasteiger partial charge in [-0.1, -0.05) is 0 Å². The Hall–Kier alpha value is -3.00. The van der Waals surface area contributed by atoms with Gasteiger partial charge >= 0.3 is 0 Å². The minimum absolute atomic E-state index is 0.299. The van der Waals surface area contributed by atoms with Crippen molar-refractivity contribution in [2.24, 2.45) is 0 Å². The Labute approximate surface area is 142 Å². The van der Waals surface area contributed by atoms with E-state index in [0.717, 1.165) is 33.3 Å². The van der Waals surface area contributed by atoms with Crippen LogP contribution in [0.2, 0.25) is 0 Å². The zero-order valence-corrected chi connectivity index (χ0v) is 13.8. The maximum Gasteiger partial charge on any atom is 0.223 e. The van der Waals surface area contributed by atoms with E-state index < -0.39 is 6.10 Å². The molecule has 0 aliphatic heterocycles. The summed E-state index contributed by atoms with van der Waals surface area (Å²) in [6, 6.07) is 4.65. The average Bonchev–Trinajstić information content (AvgIpc) is 3.14. The summed E-state index contributed by atoms with van der Waals surface area (Å²) in [5.74, 6) is 0.153. The van der Waals surface area contributed by atoms with E-state index in [0.29, 0.717) is 12.5 Å². The number of H-pyrrole nitrogens is 1. The molecule has 0 unspecified atom stereocenters. The van der Waals surface area contributed by atoms with E-state index in [4.69, 9.17) is 0 Å². The van der Waals surface area contributed by atoms with Crippen LogP contribution in [0.1, 0.15) is 12.6 Å². The highest BCUT2D eigenvalue weighted by Gasteiger charge is 2.17. The third kappa shape index (κ3) is 2.60. The number of aromatic nitrogens is 5. The molecule has 0 aliphatic carbocycles. The van der Waals surface area contributed by atoms with Crippen molar-refractivity contribution in [1.82, 2.24) is 24.7 Å². The number of anilines is 1. The summed E-state index contributed by atoms with van der Waals surface area (Å²) in [6.45, 7) is 3.94. The van der Waals surface area contributed by atoms with Crippen molar-refractivity contribution in [1.29, 1.82) is 0 Å². The third-order valence-corrected chi connectivity index (χ3v) is 4.08. The lowest BCUT2D eigenvalue weighted by Crippen LogP contribution is -2.17. The summed E-state index contributed by atoms with van der Waals surface area (Å²) in [5.41, 5.74) is 3.99. The van der Waals surface area contributed by atoms with Gasteiger partial charge in [0.1, 0.15) is 5.82 Å². The van der Waals surface area contributed by atoms with Gasteiger partial charge in [-0.25, -0.2) is 14.4 Å². The summed E-state index contributed by atoms with van der Waals surface area (Å²) in [6.07, 6.45) is 2.92. The first-order valence-corrected chi connectivity index (χ1v) is 7.93. The quantitative estimate of drug-likeness (QED) is 0.531. The number of aromatic amines is 1. The van der Waals surface area contributed by atoms with Crippen molar-refractivity contribution in [2.75, 3.05) is 11.9 Å². The van der Waals surface area contributed by atoms with Gasteiger partial charge < -0.3 is 15.0 Å². The van der Waals surface area contributed by atoms with Crippen LogP contribution >= 0.6 is 0 Å². The molecule has 0 saturated carbocycles. The van der Waals surface area contributed by atoms with Crippen LogP contribution in [-0.2, 0) is 0 Å². The van der Waals surface area contributed by atoms with Crippen LogP contribution in [0.25, 0.3) is 27.6 Å². The molecule has 128 valence electrons. The molecule has 0 radical (unpaired) electrons. The molecule has 3 aromatic heterocycles. The van der Waals surface area contributed by atoms with E-state index in [1.54, 1.807) is 25.4 Å². The molecule has 0 amide bonds.